The van der Waals surface area contributed by atoms with Gasteiger partial charge in [0.05, 0.1) is 0 Å². The zero-order valence-electron chi connectivity index (χ0n) is 10.4. The Kier molecular flexibility index (Phi) is 4.03. The minimum atomic E-state index is 0.445. The summed E-state index contributed by atoms with van der Waals surface area (Å²) in [5.74, 6) is 0.445. The summed E-state index contributed by atoms with van der Waals surface area (Å²) in [6.07, 6.45) is 5.93. The van der Waals surface area contributed by atoms with Gasteiger partial charge < -0.3 is 5.11 Å². The molecule has 1 heteroatoms. The van der Waals surface area contributed by atoms with E-state index in [1.807, 2.05) is 24.3 Å². The van der Waals surface area contributed by atoms with Crippen LogP contribution in [0.25, 0.3) is 10.8 Å². The van der Waals surface area contributed by atoms with Crippen LogP contribution in [0.1, 0.15) is 38.2 Å². The lowest BCUT2D eigenvalue weighted by molar-refractivity contribution is 0.467. The molecule has 0 aliphatic heterocycles. The smallest absolute Gasteiger partial charge is 0.119 e. The Bertz CT molecular complexity index is 488. The normalized spacial score (nSPS) is 10.9. The maximum absolute atomic E-state index is 9.97. The van der Waals surface area contributed by atoms with Crippen molar-refractivity contribution in [3.05, 3.63) is 42.0 Å². The van der Waals surface area contributed by atoms with E-state index < -0.39 is 0 Å². The van der Waals surface area contributed by atoms with E-state index in [1.165, 1.54) is 30.0 Å². The van der Waals surface area contributed by atoms with E-state index >= 15 is 0 Å². The predicted octanol–water partition coefficient (Wildman–Crippen LogP) is 4.67. The van der Waals surface area contributed by atoms with Crippen LogP contribution in [0.2, 0.25) is 0 Å². The van der Waals surface area contributed by atoms with E-state index in [1.54, 1.807) is 0 Å². The Morgan fingerprint density at radius 2 is 1.76 bits per heavy atom. The monoisotopic (exact) mass is 228 g/mol. The van der Waals surface area contributed by atoms with Gasteiger partial charge in [-0.3, -0.25) is 0 Å². The van der Waals surface area contributed by atoms with Gasteiger partial charge in [-0.15, -0.1) is 0 Å². The van der Waals surface area contributed by atoms with Gasteiger partial charge in [0, 0.05) is 5.56 Å². The lowest BCUT2D eigenvalue weighted by Gasteiger charge is -2.08. The molecule has 0 saturated carbocycles. The first-order valence-corrected chi connectivity index (χ1v) is 6.52. The molecular weight excluding hydrogens is 208 g/mol. The van der Waals surface area contributed by atoms with Crippen molar-refractivity contribution in [1.29, 1.82) is 0 Å². The fourth-order valence-corrected chi connectivity index (χ4v) is 2.32. The molecule has 0 spiro atoms. The van der Waals surface area contributed by atoms with E-state index in [0.717, 1.165) is 18.4 Å². The molecule has 2 rings (SSSR count). The number of fused-ring (bicyclic) bond motifs is 1. The van der Waals surface area contributed by atoms with Crippen LogP contribution in [0.3, 0.4) is 0 Å². The SMILES string of the molecule is CCCCCCc1c(O)ccc2ccccc12. The summed E-state index contributed by atoms with van der Waals surface area (Å²) in [4.78, 5) is 0. The second kappa shape index (κ2) is 5.72. The minimum Gasteiger partial charge on any atom is -0.508 e. The standard InChI is InChI=1S/C16H20O/c1-2-3-4-5-10-15-14-9-7-6-8-13(14)11-12-16(15)17/h6-9,11-12,17H,2-5,10H2,1H3. The Balaban J connectivity index is 2.22. The molecule has 0 amide bonds. The van der Waals surface area contributed by atoms with E-state index in [4.69, 9.17) is 0 Å². The zero-order chi connectivity index (χ0) is 12.1. The van der Waals surface area contributed by atoms with Crippen molar-refractivity contribution >= 4 is 10.8 Å². The van der Waals surface area contributed by atoms with Crippen LogP contribution >= 0.6 is 0 Å². The largest absolute Gasteiger partial charge is 0.508 e. The summed E-state index contributed by atoms with van der Waals surface area (Å²) >= 11 is 0. The van der Waals surface area contributed by atoms with Crippen molar-refractivity contribution in [2.45, 2.75) is 39.0 Å². The molecule has 0 aliphatic rings. The molecule has 1 nitrogen and oxygen atoms in total. The first kappa shape index (κ1) is 12.0. The van der Waals surface area contributed by atoms with Crippen molar-refractivity contribution in [1.82, 2.24) is 0 Å². The first-order chi connectivity index (χ1) is 8.33. The highest BCUT2D eigenvalue weighted by atomic mass is 16.3. The number of hydrogen-bond acceptors (Lipinski definition) is 1. The van der Waals surface area contributed by atoms with Gasteiger partial charge >= 0.3 is 0 Å². The summed E-state index contributed by atoms with van der Waals surface area (Å²) in [6, 6.07) is 12.1. The number of benzene rings is 2. The van der Waals surface area contributed by atoms with Crippen LogP contribution < -0.4 is 0 Å². The number of phenolic OH excluding ortho intramolecular Hbond substituents is 1. The summed E-state index contributed by atoms with van der Waals surface area (Å²) in [7, 11) is 0. The molecule has 0 aromatic heterocycles. The van der Waals surface area contributed by atoms with Gasteiger partial charge in [-0.25, -0.2) is 0 Å². The minimum absolute atomic E-state index is 0.445. The molecule has 0 aliphatic carbocycles. The van der Waals surface area contributed by atoms with Gasteiger partial charge in [0.2, 0.25) is 0 Å². The highest BCUT2D eigenvalue weighted by Gasteiger charge is 2.05. The van der Waals surface area contributed by atoms with Gasteiger partial charge in [-0.1, -0.05) is 56.5 Å². The van der Waals surface area contributed by atoms with Crippen molar-refractivity contribution in [3.63, 3.8) is 0 Å². The number of aromatic hydroxyl groups is 1. The molecule has 0 atom stereocenters. The Labute approximate surface area is 103 Å². The summed E-state index contributed by atoms with van der Waals surface area (Å²) < 4.78 is 0. The van der Waals surface area contributed by atoms with Crippen molar-refractivity contribution < 1.29 is 5.11 Å². The molecule has 0 fully saturated rings. The molecule has 2 aromatic carbocycles. The average molecular weight is 228 g/mol. The van der Waals surface area contributed by atoms with Crippen LogP contribution in [-0.2, 0) is 6.42 Å². The van der Waals surface area contributed by atoms with Crippen LogP contribution in [0, 0.1) is 0 Å². The predicted molar refractivity (Wildman–Crippen MR) is 73.5 cm³/mol. The highest BCUT2D eigenvalue weighted by molar-refractivity contribution is 5.87. The van der Waals surface area contributed by atoms with E-state index in [0.29, 0.717) is 5.75 Å². The quantitative estimate of drug-likeness (QED) is 0.737. The van der Waals surface area contributed by atoms with Gasteiger partial charge in [0.1, 0.15) is 5.75 Å². The number of aryl methyl sites for hydroxylation is 1. The van der Waals surface area contributed by atoms with E-state index in [2.05, 4.69) is 19.1 Å². The maximum Gasteiger partial charge on any atom is 0.119 e. The number of hydrogen-bond donors (Lipinski definition) is 1. The van der Waals surface area contributed by atoms with Crippen LogP contribution in [-0.4, -0.2) is 5.11 Å². The zero-order valence-corrected chi connectivity index (χ0v) is 10.4. The highest BCUT2D eigenvalue weighted by Crippen LogP contribution is 2.28. The van der Waals surface area contributed by atoms with Crippen molar-refractivity contribution in [2.24, 2.45) is 0 Å². The number of unbranched alkanes of at least 4 members (excludes halogenated alkanes) is 3. The second-order valence-electron chi connectivity index (χ2n) is 4.60. The van der Waals surface area contributed by atoms with Crippen molar-refractivity contribution in [3.8, 4) is 5.75 Å². The molecule has 17 heavy (non-hydrogen) atoms. The maximum atomic E-state index is 9.97. The third kappa shape index (κ3) is 2.79. The fraction of sp³-hybridized carbons (Fsp3) is 0.375. The van der Waals surface area contributed by atoms with Crippen LogP contribution in [0.4, 0.5) is 0 Å². The fourth-order valence-electron chi connectivity index (χ4n) is 2.32. The number of phenols is 1. The van der Waals surface area contributed by atoms with Gasteiger partial charge in [0.15, 0.2) is 0 Å². The lowest BCUT2D eigenvalue weighted by atomic mass is 9.98. The van der Waals surface area contributed by atoms with Gasteiger partial charge in [-0.05, 0) is 29.7 Å². The Morgan fingerprint density at radius 1 is 0.941 bits per heavy atom. The molecule has 0 radical (unpaired) electrons. The lowest BCUT2D eigenvalue weighted by Crippen LogP contribution is -1.89. The third-order valence-electron chi connectivity index (χ3n) is 3.30. The first-order valence-electron chi connectivity index (χ1n) is 6.52. The molecule has 0 heterocycles. The summed E-state index contributed by atoms with van der Waals surface area (Å²) in [5, 5.41) is 12.4. The van der Waals surface area contributed by atoms with E-state index in [9.17, 15) is 5.11 Å². The van der Waals surface area contributed by atoms with E-state index in [-0.39, 0.29) is 0 Å². The molecule has 1 N–H and O–H groups in total. The van der Waals surface area contributed by atoms with Crippen molar-refractivity contribution in [2.75, 3.05) is 0 Å². The van der Waals surface area contributed by atoms with Crippen LogP contribution in [0.5, 0.6) is 5.75 Å². The Hall–Kier alpha value is -1.50. The summed E-state index contributed by atoms with van der Waals surface area (Å²) in [6.45, 7) is 2.22. The number of rotatable bonds is 5. The average Bonchev–Trinajstić information content (AvgIpc) is 2.37. The molecule has 0 bridgehead atoms. The summed E-state index contributed by atoms with van der Waals surface area (Å²) in [5.41, 5.74) is 1.11. The van der Waals surface area contributed by atoms with Crippen LogP contribution in [0.15, 0.2) is 36.4 Å². The molecule has 90 valence electrons. The molecule has 2 aromatic rings. The van der Waals surface area contributed by atoms with Gasteiger partial charge in [0.25, 0.3) is 0 Å². The molecule has 0 saturated heterocycles. The molecular formula is C16H20O. The Morgan fingerprint density at radius 3 is 2.59 bits per heavy atom. The molecule has 0 unspecified atom stereocenters. The topological polar surface area (TPSA) is 20.2 Å². The van der Waals surface area contributed by atoms with Gasteiger partial charge in [-0.2, -0.15) is 0 Å². The second-order valence-corrected chi connectivity index (χ2v) is 4.60. The third-order valence-corrected chi connectivity index (χ3v) is 3.30.